The van der Waals surface area contributed by atoms with Gasteiger partial charge in [-0.3, -0.25) is 4.79 Å². The third-order valence-electron chi connectivity index (χ3n) is 3.68. The van der Waals surface area contributed by atoms with Crippen molar-refractivity contribution in [1.82, 2.24) is 0 Å². The van der Waals surface area contributed by atoms with Crippen LogP contribution in [0.4, 0.5) is 5.69 Å². The second-order valence-electron chi connectivity index (χ2n) is 5.49. The Kier molecular flexibility index (Phi) is 5.09. The molecule has 0 aliphatic rings. The number of para-hydroxylation sites is 2. The molecule has 0 unspecified atom stereocenters. The fourth-order valence-electron chi connectivity index (χ4n) is 2.41. The number of carbonyl (C=O) groups is 1. The molecular weight excluding hydrogens is 354 g/mol. The summed E-state index contributed by atoms with van der Waals surface area (Å²) in [5.74, 6) is -0.0794. The zero-order valence-electron chi connectivity index (χ0n) is 14.0. The standard InChI is InChI=1S/C19H17NO5S/c1-24-17-10-6-5-9-16(17)20-19(21)18-12-11-14(25-18)13-26(22,23)15-7-3-2-4-8-15/h2-12H,13H2,1H3,(H,20,21). The summed E-state index contributed by atoms with van der Waals surface area (Å²) >= 11 is 0. The summed E-state index contributed by atoms with van der Waals surface area (Å²) in [6, 6.07) is 18.0. The zero-order chi connectivity index (χ0) is 18.6. The van der Waals surface area contributed by atoms with Crippen LogP contribution in [-0.4, -0.2) is 21.4 Å². The maximum atomic E-state index is 12.4. The molecule has 26 heavy (non-hydrogen) atoms. The lowest BCUT2D eigenvalue weighted by Gasteiger charge is -2.08. The third-order valence-corrected chi connectivity index (χ3v) is 5.33. The minimum atomic E-state index is -3.54. The van der Waals surface area contributed by atoms with Crippen molar-refractivity contribution in [3.63, 3.8) is 0 Å². The van der Waals surface area contributed by atoms with E-state index in [2.05, 4.69) is 5.32 Å². The lowest BCUT2D eigenvalue weighted by atomic mass is 10.3. The Hall–Kier alpha value is -3.06. The van der Waals surface area contributed by atoms with Crippen molar-refractivity contribution in [2.45, 2.75) is 10.6 Å². The summed E-state index contributed by atoms with van der Waals surface area (Å²) in [6.07, 6.45) is 0. The molecule has 0 radical (unpaired) electrons. The Morgan fingerprint density at radius 2 is 1.69 bits per heavy atom. The molecule has 0 saturated carbocycles. The Balaban J connectivity index is 1.74. The fraction of sp³-hybridized carbons (Fsp3) is 0.105. The molecule has 1 N–H and O–H groups in total. The topological polar surface area (TPSA) is 85.6 Å². The molecule has 7 heteroatoms. The summed E-state index contributed by atoms with van der Waals surface area (Å²) in [5.41, 5.74) is 0.495. The first kappa shape index (κ1) is 17.8. The van der Waals surface area contributed by atoms with Gasteiger partial charge in [0, 0.05) is 0 Å². The molecular formula is C19H17NO5S. The molecule has 1 amide bonds. The number of methoxy groups -OCH3 is 1. The summed E-state index contributed by atoms with van der Waals surface area (Å²) in [4.78, 5) is 12.5. The summed E-state index contributed by atoms with van der Waals surface area (Å²) in [7, 11) is -2.04. The molecule has 0 saturated heterocycles. The number of nitrogens with one attached hydrogen (secondary N) is 1. The molecule has 1 aromatic heterocycles. The van der Waals surface area contributed by atoms with Crippen molar-refractivity contribution >= 4 is 21.4 Å². The van der Waals surface area contributed by atoms with Crippen LogP contribution in [-0.2, 0) is 15.6 Å². The smallest absolute Gasteiger partial charge is 0.291 e. The van der Waals surface area contributed by atoms with Crippen LogP contribution in [0.3, 0.4) is 0 Å². The van der Waals surface area contributed by atoms with E-state index in [0.717, 1.165) is 0 Å². The van der Waals surface area contributed by atoms with Gasteiger partial charge in [0.15, 0.2) is 15.6 Å². The van der Waals surface area contributed by atoms with Gasteiger partial charge in [-0.15, -0.1) is 0 Å². The van der Waals surface area contributed by atoms with Crippen molar-refractivity contribution in [3.8, 4) is 5.75 Å². The van der Waals surface area contributed by atoms with Crippen LogP contribution in [0.25, 0.3) is 0 Å². The minimum absolute atomic E-state index is 0.0224. The van der Waals surface area contributed by atoms with Crippen LogP contribution >= 0.6 is 0 Å². The van der Waals surface area contributed by atoms with Crippen LogP contribution in [0.15, 0.2) is 76.0 Å². The number of rotatable bonds is 6. The third kappa shape index (κ3) is 3.94. The van der Waals surface area contributed by atoms with Gasteiger partial charge >= 0.3 is 0 Å². The molecule has 0 aliphatic carbocycles. The van der Waals surface area contributed by atoms with Crippen LogP contribution in [0.2, 0.25) is 0 Å². The largest absolute Gasteiger partial charge is 0.495 e. The lowest BCUT2D eigenvalue weighted by molar-refractivity contribution is 0.0995. The second kappa shape index (κ2) is 7.45. The summed E-state index contributed by atoms with van der Waals surface area (Å²) in [5, 5.41) is 2.68. The summed E-state index contributed by atoms with van der Waals surface area (Å²) in [6.45, 7) is 0. The van der Waals surface area contributed by atoms with Crippen LogP contribution in [0, 0.1) is 0 Å². The first-order valence-electron chi connectivity index (χ1n) is 7.80. The van der Waals surface area contributed by atoms with Gasteiger partial charge < -0.3 is 14.5 Å². The predicted octanol–water partition coefficient (Wildman–Crippen LogP) is 3.51. The first-order chi connectivity index (χ1) is 12.5. The SMILES string of the molecule is COc1ccccc1NC(=O)c1ccc(CS(=O)(=O)c2ccccc2)o1. The number of hydrogen-bond donors (Lipinski definition) is 1. The maximum absolute atomic E-state index is 12.4. The van der Waals surface area contributed by atoms with Gasteiger partial charge in [-0.1, -0.05) is 30.3 Å². The number of carbonyl (C=O) groups excluding carboxylic acids is 1. The van der Waals surface area contributed by atoms with Crippen molar-refractivity contribution in [1.29, 1.82) is 0 Å². The van der Waals surface area contributed by atoms with Gasteiger partial charge in [0.25, 0.3) is 5.91 Å². The van der Waals surface area contributed by atoms with Gasteiger partial charge in [0.05, 0.1) is 17.7 Å². The molecule has 0 bridgehead atoms. The Labute approximate surface area is 151 Å². The van der Waals surface area contributed by atoms with Crippen molar-refractivity contribution < 1.29 is 22.4 Å². The Morgan fingerprint density at radius 1 is 1.00 bits per heavy atom. The van der Waals surface area contributed by atoms with E-state index in [1.165, 1.54) is 31.4 Å². The average Bonchev–Trinajstić information content (AvgIpc) is 3.11. The quantitative estimate of drug-likeness (QED) is 0.717. The highest BCUT2D eigenvalue weighted by atomic mass is 32.2. The second-order valence-corrected chi connectivity index (χ2v) is 7.48. The highest BCUT2D eigenvalue weighted by Crippen LogP contribution is 2.24. The van der Waals surface area contributed by atoms with E-state index in [1.807, 2.05) is 0 Å². The lowest BCUT2D eigenvalue weighted by Crippen LogP contribution is -2.11. The molecule has 3 rings (SSSR count). The molecule has 1 heterocycles. The number of sulfone groups is 1. The average molecular weight is 371 g/mol. The van der Waals surface area contributed by atoms with Gasteiger partial charge in [0.1, 0.15) is 17.3 Å². The number of benzene rings is 2. The van der Waals surface area contributed by atoms with Gasteiger partial charge in [0.2, 0.25) is 0 Å². The number of anilines is 1. The molecule has 2 aromatic carbocycles. The van der Waals surface area contributed by atoms with Gasteiger partial charge in [-0.05, 0) is 36.4 Å². The molecule has 3 aromatic rings. The normalized spacial score (nSPS) is 11.1. The number of amides is 1. The van der Waals surface area contributed by atoms with Gasteiger partial charge in [-0.25, -0.2) is 8.42 Å². The molecule has 6 nitrogen and oxygen atoms in total. The van der Waals surface area contributed by atoms with E-state index in [0.29, 0.717) is 11.4 Å². The fourth-order valence-corrected chi connectivity index (χ4v) is 3.68. The first-order valence-corrected chi connectivity index (χ1v) is 9.46. The number of ether oxygens (including phenoxy) is 1. The van der Waals surface area contributed by atoms with Crippen molar-refractivity contribution in [2.75, 3.05) is 12.4 Å². The zero-order valence-corrected chi connectivity index (χ0v) is 14.8. The highest BCUT2D eigenvalue weighted by molar-refractivity contribution is 7.90. The predicted molar refractivity (Wildman–Crippen MR) is 97.0 cm³/mol. The number of hydrogen-bond acceptors (Lipinski definition) is 5. The summed E-state index contributed by atoms with van der Waals surface area (Å²) < 4.78 is 35.4. The van der Waals surface area contributed by atoms with Gasteiger partial charge in [-0.2, -0.15) is 0 Å². The molecule has 0 aliphatic heterocycles. The van der Waals surface area contributed by atoms with Crippen LogP contribution in [0.5, 0.6) is 5.75 Å². The van der Waals surface area contributed by atoms with E-state index >= 15 is 0 Å². The minimum Gasteiger partial charge on any atom is -0.495 e. The highest BCUT2D eigenvalue weighted by Gasteiger charge is 2.19. The maximum Gasteiger partial charge on any atom is 0.291 e. The van der Waals surface area contributed by atoms with E-state index in [1.54, 1.807) is 42.5 Å². The molecule has 0 atom stereocenters. The molecule has 0 spiro atoms. The van der Waals surface area contributed by atoms with E-state index in [9.17, 15) is 13.2 Å². The van der Waals surface area contributed by atoms with E-state index in [4.69, 9.17) is 9.15 Å². The number of furan rings is 1. The van der Waals surface area contributed by atoms with E-state index in [-0.39, 0.29) is 22.2 Å². The van der Waals surface area contributed by atoms with Crippen molar-refractivity contribution in [2.24, 2.45) is 0 Å². The van der Waals surface area contributed by atoms with Crippen LogP contribution < -0.4 is 10.1 Å². The van der Waals surface area contributed by atoms with Crippen LogP contribution in [0.1, 0.15) is 16.3 Å². The van der Waals surface area contributed by atoms with E-state index < -0.39 is 15.7 Å². The van der Waals surface area contributed by atoms with Crippen molar-refractivity contribution in [3.05, 3.63) is 78.3 Å². The molecule has 0 fully saturated rings. The monoisotopic (exact) mass is 371 g/mol. The molecule has 134 valence electrons. The Bertz CT molecular complexity index is 1010. The Morgan fingerprint density at radius 3 is 2.42 bits per heavy atom.